The molecule has 6 heteroatoms. The van der Waals surface area contributed by atoms with E-state index in [0.29, 0.717) is 18.9 Å². The highest BCUT2D eigenvalue weighted by Gasteiger charge is 2.15. The van der Waals surface area contributed by atoms with E-state index in [1.54, 1.807) is 13.1 Å². The maximum absolute atomic E-state index is 11.3. The summed E-state index contributed by atoms with van der Waals surface area (Å²) in [7, 11) is 0. The normalized spacial score (nSPS) is 10.3. The van der Waals surface area contributed by atoms with Gasteiger partial charge in [-0.25, -0.2) is 9.48 Å². The third kappa shape index (κ3) is 2.95. The first-order valence-corrected chi connectivity index (χ1v) is 4.76. The van der Waals surface area contributed by atoms with Gasteiger partial charge in [0, 0.05) is 6.61 Å². The van der Waals surface area contributed by atoms with Gasteiger partial charge >= 0.3 is 5.97 Å². The van der Waals surface area contributed by atoms with Crippen molar-refractivity contribution in [2.45, 2.75) is 20.6 Å². The van der Waals surface area contributed by atoms with Crippen molar-refractivity contribution in [3.63, 3.8) is 0 Å². The number of carbonyl (C=O) groups excluding carboxylic acids is 1. The molecule has 0 saturated heterocycles. The molecule has 0 fully saturated rings. The Hall–Kier alpha value is -1.56. The fourth-order valence-corrected chi connectivity index (χ4v) is 1.05. The van der Waals surface area contributed by atoms with Crippen LogP contribution < -0.4 is 5.73 Å². The Kier molecular flexibility index (Phi) is 4.11. The second-order valence-electron chi connectivity index (χ2n) is 2.81. The van der Waals surface area contributed by atoms with Gasteiger partial charge in [-0.3, -0.25) is 0 Å². The van der Waals surface area contributed by atoms with E-state index in [9.17, 15) is 4.79 Å². The second-order valence-corrected chi connectivity index (χ2v) is 2.81. The summed E-state index contributed by atoms with van der Waals surface area (Å²) in [5, 5.41) is 3.96. The summed E-state index contributed by atoms with van der Waals surface area (Å²) in [6.45, 7) is 4.76. The summed E-state index contributed by atoms with van der Waals surface area (Å²) in [5.74, 6) is -0.509. The van der Waals surface area contributed by atoms with Crippen LogP contribution in [0.3, 0.4) is 0 Å². The predicted octanol–water partition coefficient (Wildman–Crippen LogP) is 0.636. The minimum atomic E-state index is -0.509. The van der Waals surface area contributed by atoms with Gasteiger partial charge in [-0.1, -0.05) is 0 Å². The fraction of sp³-hybridized carbons (Fsp3) is 0.556. The topological polar surface area (TPSA) is 79.4 Å². The Balaban J connectivity index is 2.72. The van der Waals surface area contributed by atoms with Crippen LogP contribution in [0.5, 0.6) is 0 Å². The van der Waals surface area contributed by atoms with Gasteiger partial charge in [-0.05, 0) is 13.8 Å². The standard InChI is InChI=1S/C9H15N3O3/c1-3-14-6-12-5-7(10)8(11-12)9(13)15-4-2/h5H,3-4,6,10H2,1-2H3. The Bertz CT molecular complexity index is 335. The average molecular weight is 213 g/mol. The van der Waals surface area contributed by atoms with Gasteiger partial charge in [-0.2, -0.15) is 5.10 Å². The zero-order valence-corrected chi connectivity index (χ0v) is 8.90. The number of ether oxygens (including phenoxy) is 2. The Morgan fingerprint density at radius 1 is 1.53 bits per heavy atom. The lowest BCUT2D eigenvalue weighted by atomic mass is 10.4. The molecule has 0 radical (unpaired) electrons. The van der Waals surface area contributed by atoms with Gasteiger partial charge < -0.3 is 15.2 Å². The lowest BCUT2D eigenvalue weighted by molar-refractivity contribution is 0.0512. The third-order valence-corrected chi connectivity index (χ3v) is 1.69. The van der Waals surface area contributed by atoms with E-state index in [1.807, 2.05) is 6.92 Å². The van der Waals surface area contributed by atoms with Crippen LogP contribution in [-0.4, -0.2) is 29.0 Å². The summed E-state index contributed by atoms with van der Waals surface area (Å²) in [6.07, 6.45) is 1.54. The first-order valence-electron chi connectivity index (χ1n) is 4.76. The molecule has 1 aromatic heterocycles. The Morgan fingerprint density at radius 3 is 2.87 bits per heavy atom. The maximum Gasteiger partial charge on any atom is 0.361 e. The van der Waals surface area contributed by atoms with Crippen LogP contribution in [0, 0.1) is 0 Å². The molecule has 2 N–H and O–H groups in total. The molecule has 0 aromatic carbocycles. The van der Waals surface area contributed by atoms with Crippen molar-refractivity contribution in [1.29, 1.82) is 0 Å². The Labute approximate surface area is 88.0 Å². The quantitative estimate of drug-likeness (QED) is 0.726. The number of nitrogen functional groups attached to an aromatic ring is 1. The molecular formula is C9H15N3O3. The van der Waals surface area contributed by atoms with Crippen molar-refractivity contribution in [3.8, 4) is 0 Å². The van der Waals surface area contributed by atoms with Crippen LogP contribution in [0.1, 0.15) is 24.3 Å². The monoisotopic (exact) mass is 213 g/mol. The number of carbonyl (C=O) groups is 1. The molecule has 0 spiro atoms. The first-order chi connectivity index (χ1) is 7.19. The SMILES string of the molecule is CCOCn1cc(N)c(C(=O)OCC)n1. The minimum Gasteiger partial charge on any atom is -0.461 e. The number of anilines is 1. The molecule has 0 bridgehead atoms. The molecular weight excluding hydrogens is 198 g/mol. The van der Waals surface area contributed by atoms with Crippen LogP contribution in [0.25, 0.3) is 0 Å². The maximum atomic E-state index is 11.3. The molecule has 0 aliphatic rings. The summed E-state index contributed by atoms with van der Waals surface area (Å²) in [4.78, 5) is 11.3. The van der Waals surface area contributed by atoms with Crippen molar-refractivity contribution in [1.82, 2.24) is 9.78 Å². The molecule has 1 rings (SSSR count). The molecule has 0 amide bonds. The zero-order valence-electron chi connectivity index (χ0n) is 8.90. The highest BCUT2D eigenvalue weighted by molar-refractivity contribution is 5.92. The smallest absolute Gasteiger partial charge is 0.361 e. The van der Waals surface area contributed by atoms with Crippen LogP contribution in [0.4, 0.5) is 5.69 Å². The van der Waals surface area contributed by atoms with E-state index in [1.165, 1.54) is 4.68 Å². The molecule has 0 aliphatic carbocycles. The van der Waals surface area contributed by atoms with Gasteiger partial charge in [0.15, 0.2) is 5.69 Å². The average Bonchev–Trinajstić information content (AvgIpc) is 2.57. The van der Waals surface area contributed by atoms with E-state index < -0.39 is 5.97 Å². The number of hydrogen-bond donors (Lipinski definition) is 1. The fourth-order valence-electron chi connectivity index (χ4n) is 1.05. The van der Waals surface area contributed by atoms with Gasteiger partial charge in [0.05, 0.1) is 18.5 Å². The number of nitrogens with two attached hydrogens (primary N) is 1. The number of aromatic nitrogens is 2. The van der Waals surface area contributed by atoms with Gasteiger partial charge in [0.25, 0.3) is 0 Å². The lowest BCUT2D eigenvalue weighted by Gasteiger charge is -2.00. The zero-order chi connectivity index (χ0) is 11.3. The van der Waals surface area contributed by atoms with E-state index in [-0.39, 0.29) is 12.4 Å². The molecule has 0 unspecified atom stereocenters. The van der Waals surface area contributed by atoms with Crippen molar-refractivity contribution in [2.75, 3.05) is 18.9 Å². The Morgan fingerprint density at radius 2 is 2.27 bits per heavy atom. The van der Waals surface area contributed by atoms with Crippen molar-refractivity contribution in [3.05, 3.63) is 11.9 Å². The summed E-state index contributed by atoms with van der Waals surface area (Å²) >= 11 is 0. The van der Waals surface area contributed by atoms with Crippen LogP contribution in [-0.2, 0) is 16.2 Å². The molecule has 1 aromatic rings. The van der Waals surface area contributed by atoms with E-state index in [0.717, 1.165) is 0 Å². The lowest BCUT2D eigenvalue weighted by Crippen LogP contribution is -2.09. The van der Waals surface area contributed by atoms with Crippen LogP contribution in [0.2, 0.25) is 0 Å². The minimum absolute atomic E-state index is 0.136. The molecule has 1 heterocycles. The number of esters is 1. The van der Waals surface area contributed by atoms with Crippen molar-refractivity contribution in [2.24, 2.45) is 0 Å². The number of hydrogen-bond acceptors (Lipinski definition) is 5. The molecule has 0 atom stereocenters. The van der Waals surface area contributed by atoms with Crippen molar-refractivity contribution < 1.29 is 14.3 Å². The van der Waals surface area contributed by atoms with Crippen LogP contribution in [0.15, 0.2) is 6.20 Å². The van der Waals surface area contributed by atoms with E-state index >= 15 is 0 Å². The number of rotatable bonds is 5. The van der Waals surface area contributed by atoms with Crippen molar-refractivity contribution >= 4 is 11.7 Å². The van der Waals surface area contributed by atoms with Gasteiger partial charge in [0.2, 0.25) is 0 Å². The third-order valence-electron chi connectivity index (χ3n) is 1.69. The molecule has 0 saturated carbocycles. The molecule has 15 heavy (non-hydrogen) atoms. The summed E-state index contributed by atoms with van der Waals surface area (Å²) < 4.78 is 11.4. The van der Waals surface area contributed by atoms with E-state index in [4.69, 9.17) is 15.2 Å². The summed E-state index contributed by atoms with van der Waals surface area (Å²) in [6, 6.07) is 0. The molecule has 84 valence electrons. The largest absolute Gasteiger partial charge is 0.461 e. The summed E-state index contributed by atoms with van der Waals surface area (Å²) in [5.41, 5.74) is 6.04. The first kappa shape index (κ1) is 11.5. The van der Waals surface area contributed by atoms with Crippen LogP contribution >= 0.6 is 0 Å². The van der Waals surface area contributed by atoms with Gasteiger partial charge in [-0.15, -0.1) is 0 Å². The predicted molar refractivity (Wildman–Crippen MR) is 54.2 cm³/mol. The molecule has 0 aliphatic heterocycles. The molecule has 6 nitrogen and oxygen atoms in total. The highest BCUT2D eigenvalue weighted by atomic mass is 16.5. The second kappa shape index (κ2) is 5.35. The number of nitrogens with zero attached hydrogens (tertiary/aromatic N) is 2. The highest BCUT2D eigenvalue weighted by Crippen LogP contribution is 2.10. The van der Waals surface area contributed by atoms with E-state index in [2.05, 4.69) is 5.10 Å². The van der Waals surface area contributed by atoms with Gasteiger partial charge in [0.1, 0.15) is 6.73 Å².